The van der Waals surface area contributed by atoms with E-state index >= 15 is 0 Å². The predicted molar refractivity (Wildman–Crippen MR) is 78.1 cm³/mol. The van der Waals surface area contributed by atoms with Crippen molar-refractivity contribution in [2.24, 2.45) is 11.8 Å². The number of fused-ring (bicyclic) bond motifs is 5. The van der Waals surface area contributed by atoms with Crippen LogP contribution >= 0.6 is 0 Å². The Bertz CT molecular complexity index is 656. The lowest BCUT2D eigenvalue weighted by Gasteiger charge is -2.47. The van der Waals surface area contributed by atoms with Crippen LogP contribution in [0.4, 0.5) is 24.5 Å². The summed E-state index contributed by atoms with van der Waals surface area (Å²) in [6.45, 7) is 0.634. The Morgan fingerprint density at radius 2 is 1.96 bits per heavy atom. The van der Waals surface area contributed by atoms with Crippen LogP contribution in [0.5, 0.6) is 0 Å². The molecule has 3 saturated carbocycles. The Hall–Kier alpha value is -1.47. The van der Waals surface area contributed by atoms with Crippen molar-refractivity contribution >= 4 is 11.4 Å². The first kappa shape index (κ1) is 13.9. The largest absolute Gasteiger partial charge is 0.416 e. The monoisotopic (exact) mass is 325 g/mol. The fraction of sp³-hybridized carbons (Fsp3) is 0.625. The molecule has 23 heavy (non-hydrogen) atoms. The molecule has 7 heteroatoms. The summed E-state index contributed by atoms with van der Waals surface area (Å²) in [5, 5.41) is 3.37. The molecule has 1 spiro atoms. The summed E-state index contributed by atoms with van der Waals surface area (Å²) in [7, 11) is 0. The second-order valence-electron chi connectivity index (χ2n) is 7.25. The van der Waals surface area contributed by atoms with Gasteiger partial charge in [0.05, 0.1) is 23.5 Å². The maximum absolute atomic E-state index is 13.0. The summed E-state index contributed by atoms with van der Waals surface area (Å²) in [4.78, 5) is 6.22. The van der Waals surface area contributed by atoms with Crippen LogP contribution in [0.2, 0.25) is 0 Å². The number of halogens is 3. The number of nitrogens with one attached hydrogen (secondary N) is 1. The molecule has 0 amide bonds. The lowest BCUT2D eigenvalue weighted by atomic mass is 9.62. The molecule has 1 aromatic carbocycles. The minimum absolute atomic E-state index is 0.236. The number of rotatable bonds is 0. The van der Waals surface area contributed by atoms with E-state index in [9.17, 15) is 13.2 Å². The van der Waals surface area contributed by atoms with Gasteiger partial charge >= 0.3 is 6.18 Å². The molecule has 124 valence electrons. The van der Waals surface area contributed by atoms with Crippen molar-refractivity contribution in [2.75, 3.05) is 17.0 Å². The van der Waals surface area contributed by atoms with Gasteiger partial charge in [-0.3, -0.25) is 15.3 Å². The maximum atomic E-state index is 13.0. The summed E-state index contributed by atoms with van der Waals surface area (Å²) >= 11 is 0. The lowest BCUT2D eigenvalue weighted by Crippen LogP contribution is -2.50. The molecule has 1 N–H and O–H groups in total. The third kappa shape index (κ3) is 1.92. The second-order valence-corrected chi connectivity index (χ2v) is 7.25. The van der Waals surface area contributed by atoms with Gasteiger partial charge in [-0.2, -0.15) is 13.2 Å². The molecule has 4 fully saturated rings. The minimum Gasteiger partial charge on any atom is -0.275 e. The van der Waals surface area contributed by atoms with Gasteiger partial charge < -0.3 is 0 Å². The summed E-state index contributed by atoms with van der Waals surface area (Å²) < 4.78 is 39.0. The van der Waals surface area contributed by atoms with Gasteiger partial charge in [-0.05, 0) is 62.1 Å². The summed E-state index contributed by atoms with van der Waals surface area (Å²) in [6, 6.07) is 3.79. The van der Waals surface area contributed by atoms with Crippen LogP contribution in [-0.4, -0.2) is 17.4 Å². The summed E-state index contributed by atoms with van der Waals surface area (Å²) in [5.41, 5.74) is 3.44. The smallest absolute Gasteiger partial charge is 0.275 e. The van der Waals surface area contributed by atoms with Crippen LogP contribution in [0.3, 0.4) is 0 Å². The second kappa shape index (κ2) is 4.33. The Balaban J connectivity index is 1.48. The molecule has 1 aromatic rings. The highest BCUT2D eigenvalue weighted by Gasteiger charge is 2.57. The molecule has 0 radical (unpaired) electrons. The molecule has 6 rings (SSSR count). The molecule has 0 unspecified atom stereocenters. The molecule has 5 aliphatic rings. The van der Waals surface area contributed by atoms with E-state index in [1.54, 1.807) is 5.28 Å². The number of hydrazine groups is 2. The Morgan fingerprint density at radius 1 is 1.17 bits per heavy atom. The summed E-state index contributed by atoms with van der Waals surface area (Å²) in [6.07, 6.45) is 1.55. The van der Waals surface area contributed by atoms with Crippen LogP contribution in [0.25, 0.3) is 0 Å². The van der Waals surface area contributed by atoms with E-state index in [4.69, 9.17) is 4.84 Å². The van der Waals surface area contributed by atoms with Crippen molar-refractivity contribution in [1.29, 1.82) is 0 Å². The third-order valence-corrected chi connectivity index (χ3v) is 5.95. The van der Waals surface area contributed by atoms with Crippen molar-refractivity contribution in [3.63, 3.8) is 0 Å². The number of benzene rings is 1. The highest BCUT2D eigenvalue weighted by molar-refractivity contribution is 5.74. The molecule has 2 aliphatic heterocycles. The fourth-order valence-corrected chi connectivity index (χ4v) is 4.81. The van der Waals surface area contributed by atoms with Crippen LogP contribution in [0, 0.1) is 11.8 Å². The van der Waals surface area contributed by atoms with Gasteiger partial charge in [0, 0.05) is 5.28 Å². The standard InChI is InChI=1S/C16H18F3N3O/c17-16(18,19)12-5-6-13-14(7-12)21-9-15(23-22(21)20-13)8-10-1-3-11(15)4-2-10/h5-7,10-11,20H,1-4,8-9H2/t10?,11?,15-/m1/s1. The van der Waals surface area contributed by atoms with Crippen molar-refractivity contribution < 1.29 is 18.0 Å². The molecule has 0 aromatic heterocycles. The first-order chi connectivity index (χ1) is 10.9. The molecule has 3 aliphatic carbocycles. The van der Waals surface area contributed by atoms with E-state index in [1.807, 2.05) is 5.01 Å². The first-order valence-electron chi connectivity index (χ1n) is 8.19. The maximum Gasteiger partial charge on any atom is 0.416 e. The van der Waals surface area contributed by atoms with Gasteiger partial charge in [-0.1, -0.05) is 0 Å². The molecule has 1 atom stereocenters. The van der Waals surface area contributed by atoms with Crippen LogP contribution in [0.15, 0.2) is 18.2 Å². The molecule has 1 saturated heterocycles. The summed E-state index contributed by atoms with van der Waals surface area (Å²) in [5.74, 6) is 1.20. The molecule has 4 nitrogen and oxygen atoms in total. The van der Waals surface area contributed by atoms with Gasteiger partial charge in [0.15, 0.2) is 0 Å². The van der Waals surface area contributed by atoms with Crippen LogP contribution < -0.4 is 10.4 Å². The Kier molecular flexibility index (Phi) is 2.62. The van der Waals surface area contributed by atoms with Gasteiger partial charge in [-0.15, -0.1) is 0 Å². The van der Waals surface area contributed by atoms with Crippen molar-refractivity contribution in [2.45, 2.75) is 43.9 Å². The minimum atomic E-state index is -4.33. The van der Waals surface area contributed by atoms with Crippen molar-refractivity contribution in [1.82, 2.24) is 5.28 Å². The SMILES string of the molecule is FC(F)(F)c1ccc2c(c1)N1C[C@@]3(CC4CCC3CC4)ON1N2. The zero-order valence-electron chi connectivity index (χ0n) is 12.6. The number of alkyl halides is 3. The third-order valence-electron chi connectivity index (χ3n) is 5.95. The quantitative estimate of drug-likeness (QED) is 0.781. The van der Waals surface area contributed by atoms with E-state index in [-0.39, 0.29) is 5.60 Å². The van der Waals surface area contributed by atoms with Crippen molar-refractivity contribution in [3.05, 3.63) is 23.8 Å². The van der Waals surface area contributed by atoms with Gasteiger partial charge in [0.1, 0.15) is 5.60 Å². The van der Waals surface area contributed by atoms with Crippen LogP contribution in [0.1, 0.15) is 37.7 Å². The highest BCUT2D eigenvalue weighted by atomic mass is 19.4. The number of hydrogen-bond acceptors (Lipinski definition) is 4. The zero-order valence-corrected chi connectivity index (χ0v) is 12.6. The van der Waals surface area contributed by atoms with Gasteiger partial charge in [0.2, 0.25) is 0 Å². The Morgan fingerprint density at radius 3 is 2.61 bits per heavy atom. The average Bonchev–Trinajstić information content (AvgIpc) is 3.01. The average molecular weight is 325 g/mol. The molecule has 2 bridgehead atoms. The highest BCUT2D eigenvalue weighted by Crippen LogP contribution is 2.54. The van der Waals surface area contributed by atoms with E-state index in [2.05, 4.69) is 5.43 Å². The van der Waals surface area contributed by atoms with E-state index in [1.165, 1.54) is 37.8 Å². The van der Waals surface area contributed by atoms with Gasteiger partial charge in [0.25, 0.3) is 0 Å². The zero-order chi connectivity index (χ0) is 15.8. The molecule has 2 heterocycles. The first-order valence-corrected chi connectivity index (χ1v) is 8.19. The Labute approximate surface area is 132 Å². The van der Waals surface area contributed by atoms with E-state index in [0.717, 1.165) is 12.5 Å². The molecular formula is C16H18F3N3O. The number of hydrogen-bond donors (Lipinski definition) is 1. The fourth-order valence-electron chi connectivity index (χ4n) is 4.81. The number of anilines is 2. The number of nitrogens with zero attached hydrogens (tertiary/aromatic N) is 2. The van der Waals surface area contributed by atoms with E-state index < -0.39 is 11.7 Å². The van der Waals surface area contributed by atoms with Crippen molar-refractivity contribution in [3.8, 4) is 0 Å². The lowest BCUT2D eigenvalue weighted by molar-refractivity contribution is -0.225. The van der Waals surface area contributed by atoms with E-state index in [0.29, 0.717) is 29.8 Å². The topological polar surface area (TPSA) is 27.7 Å². The normalized spacial score (nSPS) is 35.5. The van der Waals surface area contributed by atoms with Gasteiger partial charge in [-0.25, -0.2) is 0 Å². The predicted octanol–water partition coefficient (Wildman–Crippen LogP) is 3.96. The van der Waals surface area contributed by atoms with Crippen LogP contribution in [-0.2, 0) is 11.0 Å². The molecular weight excluding hydrogens is 307 g/mol.